The molecule has 0 amide bonds. The first-order chi connectivity index (χ1) is 14.4. The first kappa shape index (κ1) is 20.2. The average Bonchev–Trinajstić information content (AvgIpc) is 2.74. The van der Waals surface area contributed by atoms with Gasteiger partial charge in [0.25, 0.3) is 0 Å². The fourth-order valence-electron chi connectivity index (χ4n) is 3.67. The van der Waals surface area contributed by atoms with Crippen LogP contribution in [0.5, 0.6) is 0 Å². The molecule has 1 fully saturated rings. The molecular formula is C22H21FN4O2S. The summed E-state index contributed by atoms with van der Waals surface area (Å²) in [6.07, 6.45) is 1.91. The van der Waals surface area contributed by atoms with Gasteiger partial charge < -0.3 is 4.90 Å². The number of aromatic nitrogens is 2. The van der Waals surface area contributed by atoms with Crippen molar-refractivity contribution in [1.29, 1.82) is 5.26 Å². The van der Waals surface area contributed by atoms with E-state index in [9.17, 15) is 18.1 Å². The van der Waals surface area contributed by atoms with E-state index in [4.69, 9.17) is 4.98 Å². The summed E-state index contributed by atoms with van der Waals surface area (Å²) in [5.74, 6) is 0.460. The highest BCUT2D eigenvalue weighted by molar-refractivity contribution is 7.92. The number of para-hydroxylation sites is 2. The maximum atomic E-state index is 13.3. The van der Waals surface area contributed by atoms with Crippen molar-refractivity contribution >= 4 is 26.7 Å². The molecule has 8 heteroatoms. The molecule has 1 aromatic heterocycles. The Hall–Kier alpha value is -3.05. The van der Waals surface area contributed by atoms with Gasteiger partial charge >= 0.3 is 0 Å². The van der Waals surface area contributed by atoms with Gasteiger partial charge in [0.15, 0.2) is 11.1 Å². The van der Waals surface area contributed by atoms with Gasteiger partial charge in [-0.1, -0.05) is 19.1 Å². The lowest BCUT2D eigenvalue weighted by atomic mass is 9.99. The van der Waals surface area contributed by atoms with E-state index in [1.165, 1.54) is 12.1 Å². The monoisotopic (exact) mass is 424 g/mol. The van der Waals surface area contributed by atoms with E-state index < -0.39 is 20.9 Å². The molecule has 0 N–H and O–H groups in total. The number of rotatable bonds is 4. The fourth-order valence-corrected chi connectivity index (χ4v) is 5.05. The Balaban J connectivity index is 1.87. The van der Waals surface area contributed by atoms with Gasteiger partial charge in [0.05, 0.1) is 22.0 Å². The first-order valence-corrected chi connectivity index (χ1v) is 11.4. The van der Waals surface area contributed by atoms with E-state index in [1.807, 2.05) is 23.1 Å². The van der Waals surface area contributed by atoms with Gasteiger partial charge in [0.1, 0.15) is 11.5 Å². The lowest BCUT2D eigenvalue weighted by molar-refractivity contribution is 0.436. The molecule has 3 aromatic rings. The molecule has 154 valence electrons. The molecule has 1 aliphatic heterocycles. The van der Waals surface area contributed by atoms with E-state index in [0.717, 1.165) is 38.1 Å². The molecule has 1 unspecified atom stereocenters. The lowest BCUT2D eigenvalue weighted by Crippen LogP contribution is -2.35. The highest BCUT2D eigenvalue weighted by Gasteiger charge is 2.35. The number of anilines is 1. The van der Waals surface area contributed by atoms with Crippen molar-refractivity contribution in [2.45, 2.75) is 29.9 Å². The van der Waals surface area contributed by atoms with Crippen LogP contribution < -0.4 is 4.90 Å². The van der Waals surface area contributed by atoms with Crippen LogP contribution >= 0.6 is 0 Å². The smallest absolute Gasteiger partial charge is 0.200 e. The second-order valence-corrected chi connectivity index (χ2v) is 9.63. The van der Waals surface area contributed by atoms with Crippen LogP contribution in [0.1, 0.15) is 30.7 Å². The van der Waals surface area contributed by atoms with Crippen LogP contribution in [0.4, 0.5) is 10.2 Å². The van der Waals surface area contributed by atoms with Crippen LogP contribution in [0.15, 0.2) is 53.4 Å². The first-order valence-electron chi connectivity index (χ1n) is 9.81. The van der Waals surface area contributed by atoms with Crippen molar-refractivity contribution in [2.24, 2.45) is 5.92 Å². The largest absolute Gasteiger partial charge is 0.355 e. The summed E-state index contributed by atoms with van der Waals surface area (Å²) < 4.78 is 39.8. The number of halogens is 1. The van der Waals surface area contributed by atoms with E-state index in [1.54, 1.807) is 12.1 Å². The zero-order valence-corrected chi connectivity index (χ0v) is 17.3. The van der Waals surface area contributed by atoms with Crippen molar-refractivity contribution < 1.29 is 12.8 Å². The molecule has 2 aromatic carbocycles. The van der Waals surface area contributed by atoms with Gasteiger partial charge in [0, 0.05) is 13.1 Å². The Morgan fingerprint density at radius 2 is 1.67 bits per heavy atom. The second-order valence-electron chi connectivity index (χ2n) is 7.60. The molecule has 2 heterocycles. The molecule has 0 spiro atoms. The summed E-state index contributed by atoms with van der Waals surface area (Å²) in [6, 6.07) is 13.6. The number of hydrogen-bond acceptors (Lipinski definition) is 6. The van der Waals surface area contributed by atoms with Crippen molar-refractivity contribution in [2.75, 3.05) is 18.0 Å². The molecule has 0 bridgehead atoms. The van der Waals surface area contributed by atoms with Crippen molar-refractivity contribution in [3.8, 4) is 6.07 Å². The zero-order chi connectivity index (χ0) is 21.3. The van der Waals surface area contributed by atoms with Gasteiger partial charge in [-0.25, -0.2) is 22.8 Å². The van der Waals surface area contributed by atoms with Crippen LogP contribution in [-0.2, 0) is 9.84 Å². The van der Waals surface area contributed by atoms with Crippen LogP contribution in [0.2, 0.25) is 0 Å². The van der Waals surface area contributed by atoms with Gasteiger partial charge in [-0.05, 0) is 55.2 Å². The molecule has 0 radical (unpaired) electrons. The summed E-state index contributed by atoms with van der Waals surface area (Å²) >= 11 is 0. The Bertz CT molecular complexity index is 1210. The van der Waals surface area contributed by atoms with Crippen molar-refractivity contribution in [1.82, 2.24) is 9.97 Å². The number of fused-ring (bicyclic) bond motifs is 1. The standard InChI is InChI=1S/C22H21FN4O2S/c1-15-10-12-27(13-11-15)22-21(25-18-4-2-3-5-19(18)26-22)20(14-24)30(28,29)17-8-6-16(23)7-9-17/h2-9,15,20H,10-13H2,1H3. The third-order valence-electron chi connectivity index (χ3n) is 5.48. The summed E-state index contributed by atoms with van der Waals surface area (Å²) in [7, 11) is -4.12. The summed E-state index contributed by atoms with van der Waals surface area (Å²) in [5.41, 5.74) is 1.29. The number of piperidine rings is 1. The molecule has 4 rings (SSSR count). The lowest BCUT2D eigenvalue weighted by Gasteiger charge is -2.32. The second kappa shape index (κ2) is 8.00. The normalized spacial score (nSPS) is 16.4. The Kier molecular flexibility index (Phi) is 5.39. The number of nitriles is 1. The summed E-state index contributed by atoms with van der Waals surface area (Å²) in [4.78, 5) is 11.2. The number of sulfone groups is 1. The van der Waals surface area contributed by atoms with E-state index >= 15 is 0 Å². The predicted molar refractivity (Wildman–Crippen MR) is 112 cm³/mol. The molecule has 0 aliphatic carbocycles. The SMILES string of the molecule is CC1CCN(c2nc3ccccc3nc2C(C#N)S(=O)(=O)c2ccc(F)cc2)CC1. The summed E-state index contributed by atoms with van der Waals surface area (Å²) in [6.45, 7) is 3.62. The Labute approximate surface area is 174 Å². The predicted octanol–water partition coefficient (Wildman–Crippen LogP) is 4.04. The summed E-state index contributed by atoms with van der Waals surface area (Å²) in [5, 5.41) is 8.33. The molecule has 6 nitrogen and oxygen atoms in total. The number of hydrogen-bond donors (Lipinski definition) is 0. The van der Waals surface area contributed by atoms with Gasteiger partial charge in [-0.15, -0.1) is 0 Å². The van der Waals surface area contributed by atoms with Crippen LogP contribution in [-0.4, -0.2) is 31.5 Å². The van der Waals surface area contributed by atoms with Crippen LogP contribution in [0.25, 0.3) is 11.0 Å². The van der Waals surface area contributed by atoms with E-state index in [2.05, 4.69) is 11.9 Å². The minimum absolute atomic E-state index is 0.120. The van der Waals surface area contributed by atoms with Crippen LogP contribution in [0.3, 0.4) is 0 Å². The Morgan fingerprint density at radius 3 is 2.27 bits per heavy atom. The van der Waals surface area contributed by atoms with Crippen molar-refractivity contribution in [3.63, 3.8) is 0 Å². The molecule has 1 aliphatic rings. The highest BCUT2D eigenvalue weighted by atomic mass is 32.2. The van der Waals surface area contributed by atoms with Gasteiger partial charge in [-0.2, -0.15) is 5.26 Å². The Morgan fingerprint density at radius 1 is 1.07 bits per heavy atom. The molecular weight excluding hydrogens is 403 g/mol. The number of benzene rings is 2. The van der Waals surface area contributed by atoms with E-state index in [0.29, 0.717) is 22.8 Å². The maximum Gasteiger partial charge on any atom is 0.200 e. The third-order valence-corrected chi connectivity index (χ3v) is 7.36. The van der Waals surface area contributed by atoms with E-state index in [-0.39, 0.29) is 10.6 Å². The topological polar surface area (TPSA) is 86.9 Å². The molecule has 0 saturated carbocycles. The number of nitrogens with zero attached hydrogens (tertiary/aromatic N) is 4. The van der Waals surface area contributed by atoms with Crippen LogP contribution in [0, 0.1) is 23.1 Å². The van der Waals surface area contributed by atoms with Gasteiger partial charge in [-0.3, -0.25) is 0 Å². The zero-order valence-electron chi connectivity index (χ0n) is 16.5. The maximum absolute atomic E-state index is 13.3. The molecule has 1 atom stereocenters. The minimum Gasteiger partial charge on any atom is -0.355 e. The van der Waals surface area contributed by atoms with Crippen molar-refractivity contribution in [3.05, 3.63) is 60.0 Å². The quantitative estimate of drug-likeness (QED) is 0.588. The fraction of sp³-hybridized carbons (Fsp3) is 0.318. The molecule has 1 saturated heterocycles. The average molecular weight is 425 g/mol. The minimum atomic E-state index is -4.12. The van der Waals surface area contributed by atoms with Gasteiger partial charge in [0.2, 0.25) is 9.84 Å². The highest BCUT2D eigenvalue weighted by Crippen LogP contribution is 2.35. The molecule has 30 heavy (non-hydrogen) atoms. The third kappa shape index (κ3) is 3.73.